The van der Waals surface area contributed by atoms with E-state index in [0.717, 1.165) is 37.3 Å². The molecular weight excluding hydrogens is 367 g/mol. The number of amides is 1. The summed E-state index contributed by atoms with van der Waals surface area (Å²) in [4.78, 5) is 14.6. The first kappa shape index (κ1) is 19.1. The predicted molar refractivity (Wildman–Crippen MR) is 111 cm³/mol. The Morgan fingerprint density at radius 2 is 1.79 bits per heavy atom. The van der Waals surface area contributed by atoms with Crippen LogP contribution in [-0.4, -0.2) is 29.2 Å². The summed E-state index contributed by atoms with van der Waals surface area (Å²) in [6.45, 7) is 2.09. The minimum atomic E-state index is -0.291. The molecule has 29 heavy (non-hydrogen) atoms. The van der Waals surface area contributed by atoms with Crippen molar-refractivity contribution in [1.82, 2.24) is 15.5 Å². The second kappa shape index (κ2) is 8.82. The van der Waals surface area contributed by atoms with Crippen molar-refractivity contribution < 1.29 is 9.18 Å². The number of piperidine rings is 1. The van der Waals surface area contributed by atoms with Crippen LogP contribution in [0, 0.1) is 11.7 Å². The van der Waals surface area contributed by atoms with E-state index in [1.165, 1.54) is 12.1 Å². The largest absolute Gasteiger partial charge is 0.355 e. The summed E-state index contributed by atoms with van der Waals surface area (Å²) in [5.41, 5.74) is 2.45. The first-order valence-corrected chi connectivity index (χ1v) is 9.85. The molecule has 0 radical (unpaired) electrons. The highest BCUT2D eigenvalue weighted by atomic mass is 19.1. The molecule has 1 N–H and O–H groups in total. The first-order valence-electron chi connectivity index (χ1n) is 9.85. The second-order valence-electron chi connectivity index (χ2n) is 7.25. The van der Waals surface area contributed by atoms with Crippen LogP contribution < -0.4 is 10.2 Å². The maximum absolute atomic E-state index is 13.4. The van der Waals surface area contributed by atoms with Gasteiger partial charge in [-0.15, -0.1) is 10.2 Å². The minimum absolute atomic E-state index is 0.0227. The van der Waals surface area contributed by atoms with E-state index in [1.807, 2.05) is 48.5 Å². The van der Waals surface area contributed by atoms with Gasteiger partial charge >= 0.3 is 0 Å². The normalized spacial score (nSPS) is 14.6. The summed E-state index contributed by atoms with van der Waals surface area (Å²) < 4.78 is 13.4. The molecule has 0 aliphatic carbocycles. The lowest BCUT2D eigenvalue weighted by molar-refractivity contribution is -0.125. The van der Waals surface area contributed by atoms with Crippen LogP contribution in [0.1, 0.15) is 18.4 Å². The monoisotopic (exact) mass is 390 g/mol. The highest BCUT2D eigenvalue weighted by Crippen LogP contribution is 2.24. The molecule has 3 aromatic rings. The van der Waals surface area contributed by atoms with Gasteiger partial charge in [-0.1, -0.05) is 42.5 Å². The molecular formula is C23H23FN4O. The van der Waals surface area contributed by atoms with Crippen molar-refractivity contribution in [3.63, 3.8) is 0 Å². The number of nitrogens with zero attached hydrogens (tertiary/aromatic N) is 3. The topological polar surface area (TPSA) is 58.1 Å². The van der Waals surface area contributed by atoms with Crippen molar-refractivity contribution >= 4 is 11.7 Å². The van der Waals surface area contributed by atoms with E-state index in [9.17, 15) is 9.18 Å². The Labute approximate surface area is 169 Å². The van der Waals surface area contributed by atoms with Gasteiger partial charge in [0.15, 0.2) is 5.82 Å². The zero-order valence-electron chi connectivity index (χ0n) is 16.1. The van der Waals surface area contributed by atoms with Crippen molar-refractivity contribution in [3.8, 4) is 11.3 Å². The van der Waals surface area contributed by atoms with E-state index in [-0.39, 0.29) is 17.6 Å². The molecule has 1 aliphatic heterocycles. The van der Waals surface area contributed by atoms with E-state index in [0.29, 0.717) is 17.8 Å². The average Bonchev–Trinajstić information content (AvgIpc) is 2.78. The van der Waals surface area contributed by atoms with Crippen LogP contribution in [0.25, 0.3) is 11.3 Å². The second-order valence-corrected chi connectivity index (χ2v) is 7.25. The van der Waals surface area contributed by atoms with Crippen LogP contribution in [0.2, 0.25) is 0 Å². The summed E-state index contributed by atoms with van der Waals surface area (Å²) in [5.74, 6) is 0.629. The fourth-order valence-electron chi connectivity index (χ4n) is 3.60. The number of nitrogens with one attached hydrogen (secondary N) is 1. The number of carbonyl (C=O) groups is 1. The molecule has 2 aromatic carbocycles. The number of aromatic nitrogens is 2. The molecule has 1 amide bonds. The Hall–Kier alpha value is -3.28. The van der Waals surface area contributed by atoms with E-state index < -0.39 is 0 Å². The molecule has 148 valence electrons. The molecule has 0 bridgehead atoms. The van der Waals surface area contributed by atoms with Gasteiger partial charge in [-0.3, -0.25) is 4.79 Å². The number of hydrogen-bond donors (Lipinski definition) is 1. The minimum Gasteiger partial charge on any atom is -0.355 e. The molecule has 6 heteroatoms. The van der Waals surface area contributed by atoms with Crippen molar-refractivity contribution in [3.05, 3.63) is 78.1 Å². The Balaban J connectivity index is 1.30. The van der Waals surface area contributed by atoms with Gasteiger partial charge in [0.05, 0.1) is 5.69 Å². The summed E-state index contributed by atoms with van der Waals surface area (Å²) >= 11 is 0. The molecule has 1 saturated heterocycles. The number of rotatable bonds is 5. The van der Waals surface area contributed by atoms with Gasteiger partial charge < -0.3 is 10.2 Å². The summed E-state index contributed by atoms with van der Waals surface area (Å²) in [5, 5.41) is 11.6. The molecule has 2 heterocycles. The molecule has 0 saturated carbocycles. The quantitative estimate of drug-likeness (QED) is 0.720. The maximum atomic E-state index is 13.4. The van der Waals surface area contributed by atoms with Crippen LogP contribution in [0.4, 0.5) is 10.2 Å². The third-order valence-corrected chi connectivity index (χ3v) is 5.27. The summed E-state index contributed by atoms with van der Waals surface area (Å²) in [7, 11) is 0. The average molecular weight is 390 g/mol. The number of carbonyl (C=O) groups excluding carboxylic acids is 1. The molecule has 0 atom stereocenters. The smallest absolute Gasteiger partial charge is 0.223 e. The molecule has 5 nitrogen and oxygen atoms in total. The number of halogens is 1. The third-order valence-electron chi connectivity index (χ3n) is 5.27. The lowest BCUT2D eigenvalue weighted by Crippen LogP contribution is -2.40. The lowest BCUT2D eigenvalue weighted by Gasteiger charge is -2.31. The molecule has 1 aromatic heterocycles. The van der Waals surface area contributed by atoms with Crippen LogP contribution >= 0.6 is 0 Å². The van der Waals surface area contributed by atoms with Gasteiger partial charge in [0.1, 0.15) is 5.82 Å². The third kappa shape index (κ3) is 4.77. The van der Waals surface area contributed by atoms with Gasteiger partial charge in [0.2, 0.25) is 5.91 Å². The van der Waals surface area contributed by atoms with Crippen molar-refractivity contribution in [2.45, 2.75) is 19.4 Å². The number of benzene rings is 2. The molecule has 4 rings (SSSR count). The number of hydrogen-bond acceptors (Lipinski definition) is 4. The fraction of sp³-hybridized carbons (Fsp3) is 0.261. The summed E-state index contributed by atoms with van der Waals surface area (Å²) in [6.07, 6.45) is 1.57. The molecule has 1 fully saturated rings. The van der Waals surface area contributed by atoms with Crippen LogP contribution in [0.5, 0.6) is 0 Å². The Bertz CT molecular complexity index is 954. The zero-order chi connectivity index (χ0) is 20.1. The van der Waals surface area contributed by atoms with E-state index in [4.69, 9.17) is 0 Å². The van der Waals surface area contributed by atoms with Crippen molar-refractivity contribution in [1.29, 1.82) is 0 Å². The lowest BCUT2D eigenvalue weighted by atomic mass is 9.96. The highest BCUT2D eigenvalue weighted by molar-refractivity contribution is 5.79. The highest BCUT2D eigenvalue weighted by Gasteiger charge is 2.25. The van der Waals surface area contributed by atoms with E-state index in [2.05, 4.69) is 20.4 Å². The SMILES string of the molecule is O=C(NCc1ccccc1)C1CCN(c2ccc(-c3cccc(F)c3)nn2)CC1. The van der Waals surface area contributed by atoms with Crippen LogP contribution in [0.15, 0.2) is 66.7 Å². The molecule has 1 aliphatic rings. The Morgan fingerprint density at radius 3 is 2.48 bits per heavy atom. The van der Waals surface area contributed by atoms with Gasteiger partial charge in [-0.05, 0) is 42.7 Å². The summed E-state index contributed by atoms with van der Waals surface area (Å²) in [6, 6.07) is 20.0. The Kier molecular flexibility index (Phi) is 5.79. The van der Waals surface area contributed by atoms with Gasteiger partial charge in [0, 0.05) is 31.1 Å². The molecule has 0 unspecified atom stereocenters. The predicted octanol–water partition coefficient (Wildman–Crippen LogP) is 3.82. The van der Waals surface area contributed by atoms with Gasteiger partial charge in [0.25, 0.3) is 0 Å². The van der Waals surface area contributed by atoms with Crippen LogP contribution in [0.3, 0.4) is 0 Å². The van der Waals surface area contributed by atoms with E-state index >= 15 is 0 Å². The first-order chi connectivity index (χ1) is 14.2. The van der Waals surface area contributed by atoms with Crippen molar-refractivity contribution in [2.75, 3.05) is 18.0 Å². The number of anilines is 1. The van der Waals surface area contributed by atoms with Crippen LogP contribution in [-0.2, 0) is 11.3 Å². The van der Waals surface area contributed by atoms with Crippen molar-refractivity contribution in [2.24, 2.45) is 5.92 Å². The molecule has 0 spiro atoms. The maximum Gasteiger partial charge on any atom is 0.223 e. The zero-order valence-corrected chi connectivity index (χ0v) is 16.1. The standard InChI is InChI=1S/C23H23FN4O/c24-20-8-4-7-19(15-20)21-9-10-22(27-26-21)28-13-11-18(12-14-28)23(29)25-16-17-5-2-1-3-6-17/h1-10,15,18H,11-14,16H2,(H,25,29). The fourth-order valence-corrected chi connectivity index (χ4v) is 3.60. The Morgan fingerprint density at radius 1 is 1.00 bits per heavy atom. The van der Waals surface area contributed by atoms with Gasteiger partial charge in [-0.25, -0.2) is 4.39 Å². The van der Waals surface area contributed by atoms with E-state index in [1.54, 1.807) is 6.07 Å². The van der Waals surface area contributed by atoms with Gasteiger partial charge in [-0.2, -0.15) is 0 Å².